The SMILES string of the molecule is CCOC(=O)C1=C(C)N=c2s/c(=C/c3cc(I)cc(I)c3OCC#N)c(=O)n2[C@@H]1c1ccc(OCC(=O)OC)c(OCC)c1. The Morgan fingerprint density at radius 1 is 1.11 bits per heavy atom. The Balaban J connectivity index is 1.93. The molecule has 44 heavy (non-hydrogen) atoms. The number of thiazole rings is 1. The molecule has 2 heterocycles. The van der Waals surface area contributed by atoms with E-state index in [1.807, 2.05) is 18.2 Å². The number of fused-ring (bicyclic) bond motifs is 1. The molecule has 0 radical (unpaired) electrons. The van der Waals surface area contributed by atoms with Crippen molar-refractivity contribution in [3.8, 4) is 23.3 Å². The highest BCUT2D eigenvalue weighted by Gasteiger charge is 2.34. The first kappa shape index (κ1) is 33.5. The number of benzene rings is 2. The topological polar surface area (TPSA) is 138 Å². The van der Waals surface area contributed by atoms with Crippen molar-refractivity contribution in [3.63, 3.8) is 0 Å². The molecule has 230 valence electrons. The van der Waals surface area contributed by atoms with Gasteiger partial charge in [-0.3, -0.25) is 9.36 Å². The van der Waals surface area contributed by atoms with Crippen LogP contribution in [-0.4, -0.2) is 50.0 Å². The van der Waals surface area contributed by atoms with Gasteiger partial charge in [0.15, 0.2) is 29.5 Å². The number of rotatable bonds is 11. The molecule has 0 unspecified atom stereocenters. The summed E-state index contributed by atoms with van der Waals surface area (Å²) < 4.78 is 30.7. The Morgan fingerprint density at radius 3 is 2.57 bits per heavy atom. The molecule has 1 aliphatic heterocycles. The molecule has 0 saturated carbocycles. The van der Waals surface area contributed by atoms with E-state index in [0.29, 0.717) is 50.0 Å². The van der Waals surface area contributed by atoms with Crippen molar-refractivity contribution < 1.29 is 33.3 Å². The van der Waals surface area contributed by atoms with Crippen LogP contribution < -0.4 is 29.1 Å². The van der Waals surface area contributed by atoms with Crippen LogP contribution in [0.1, 0.15) is 37.9 Å². The predicted octanol–water partition coefficient (Wildman–Crippen LogP) is 3.86. The van der Waals surface area contributed by atoms with Crippen molar-refractivity contribution in [1.29, 1.82) is 5.26 Å². The highest BCUT2D eigenvalue weighted by atomic mass is 127. The first-order valence-corrected chi connectivity index (χ1v) is 16.3. The molecular weight excluding hydrogens is 816 g/mol. The summed E-state index contributed by atoms with van der Waals surface area (Å²) in [7, 11) is 1.26. The second kappa shape index (κ2) is 15.0. The third kappa shape index (κ3) is 7.26. The minimum atomic E-state index is -0.897. The molecule has 0 fully saturated rings. The number of ether oxygens (including phenoxy) is 5. The molecule has 3 aromatic rings. The third-order valence-corrected chi connectivity index (χ3v) is 8.69. The van der Waals surface area contributed by atoms with E-state index in [0.717, 1.165) is 7.14 Å². The number of carbonyl (C=O) groups is 2. The number of methoxy groups -OCH3 is 1. The number of allylic oxidation sites excluding steroid dienone is 1. The molecule has 1 aliphatic rings. The number of aromatic nitrogens is 1. The maximum Gasteiger partial charge on any atom is 0.343 e. The van der Waals surface area contributed by atoms with E-state index >= 15 is 0 Å². The van der Waals surface area contributed by atoms with Crippen molar-refractivity contribution in [2.45, 2.75) is 26.8 Å². The average Bonchev–Trinajstić information content (AvgIpc) is 3.29. The normalized spacial score (nSPS) is 14.3. The van der Waals surface area contributed by atoms with E-state index in [9.17, 15) is 14.4 Å². The van der Waals surface area contributed by atoms with Crippen LogP contribution in [0.25, 0.3) is 6.08 Å². The van der Waals surface area contributed by atoms with Gasteiger partial charge in [0, 0.05) is 9.13 Å². The summed E-state index contributed by atoms with van der Waals surface area (Å²) in [6.07, 6.45) is 1.71. The molecule has 1 atom stereocenters. The van der Waals surface area contributed by atoms with Gasteiger partial charge >= 0.3 is 11.9 Å². The summed E-state index contributed by atoms with van der Waals surface area (Å²) in [6.45, 7) is 5.16. The van der Waals surface area contributed by atoms with Crippen molar-refractivity contribution in [2.24, 2.45) is 4.99 Å². The van der Waals surface area contributed by atoms with Gasteiger partial charge in [0.2, 0.25) is 0 Å². The van der Waals surface area contributed by atoms with E-state index < -0.39 is 18.0 Å². The fourth-order valence-electron chi connectivity index (χ4n) is 4.47. The van der Waals surface area contributed by atoms with Gasteiger partial charge in [-0.05, 0) is 102 Å². The van der Waals surface area contributed by atoms with Crippen molar-refractivity contribution in [2.75, 3.05) is 33.5 Å². The van der Waals surface area contributed by atoms with Crippen molar-refractivity contribution >= 4 is 74.5 Å². The minimum Gasteiger partial charge on any atom is -0.490 e. The fourth-order valence-corrected chi connectivity index (χ4v) is 7.55. The van der Waals surface area contributed by atoms with Crippen molar-refractivity contribution in [3.05, 3.63) is 79.6 Å². The highest BCUT2D eigenvalue weighted by Crippen LogP contribution is 2.36. The lowest BCUT2D eigenvalue weighted by molar-refractivity contribution is -0.143. The molecule has 14 heteroatoms. The molecule has 0 N–H and O–H groups in total. The van der Waals surface area contributed by atoms with Crippen LogP contribution in [0.3, 0.4) is 0 Å². The monoisotopic (exact) mass is 843 g/mol. The number of halogens is 2. The summed E-state index contributed by atoms with van der Waals surface area (Å²) in [5, 5.41) is 9.08. The summed E-state index contributed by atoms with van der Waals surface area (Å²) in [4.78, 5) is 44.1. The van der Waals surface area contributed by atoms with Crippen LogP contribution in [0.4, 0.5) is 0 Å². The zero-order valence-electron chi connectivity index (χ0n) is 24.1. The lowest BCUT2D eigenvalue weighted by Crippen LogP contribution is -2.40. The minimum absolute atomic E-state index is 0.133. The van der Waals surface area contributed by atoms with Crippen LogP contribution in [0.5, 0.6) is 17.2 Å². The zero-order valence-corrected chi connectivity index (χ0v) is 29.3. The number of esters is 2. The molecule has 0 bridgehead atoms. The molecule has 0 spiro atoms. The molecule has 11 nitrogen and oxygen atoms in total. The van der Waals surface area contributed by atoms with Gasteiger partial charge in [-0.15, -0.1) is 0 Å². The molecule has 1 aromatic heterocycles. The van der Waals surface area contributed by atoms with Gasteiger partial charge in [0.1, 0.15) is 11.8 Å². The van der Waals surface area contributed by atoms with Gasteiger partial charge in [0.25, 0.3) is 5.56 Å². The lowest BCUT2D eigenvalue weighted by atomic mass is 9.95. The molecular formula is C30H27I2N3O8S. The number of nitrogens with zero attached hydrogens (tertiary/aromatic N) is 3. The van der Waals surface area contributed by atoms with Crippen LogP contribution in [-0.2, 0) is 19.1 Å². The molecule has 4 rings (SSSR count). The standard InChI is InChI=1S/C30H27I2N3O8S/c1-5-40-22-12-17(7-8-21(22)43-15-24(36)39-4)26-25(29(38)41-6-2)16(3)34-30-35(26)28(37)23(44-30)13-18-11-19(31)14-20(32)27(18)42-10-9-33/h7-8,11-14,26H,5-6,10,15H2,1-4H3/b23-13+/t26-/m1/s1. The van der Waals surface area contributed by atoms with Crippen LogP contribution >= 0.6 is 56.5 Å². The van der Waals surface area contributed by atoms with Crippen LogP contribution in [0.2, 0.25) is 0 Å². The Kier molecular flexibility index (Phi) is 11.4. The van der Waals surface area contributed by atoms with Gasteiger partial charge in [0.05, 0.1) is 45.7 Å². The Labute approximate surface area is 284 Å². The summed E-state index contributed by atoms with van der Waals surface area (Å²) >= 11 is 5.48. The Hall–Kier alpha value is -3.43. The molecule has 0 saturated heterocycles. The smallest absolute Gasteiger partial charge is 0.343 e. The summed E-state index contributed by atoms with van der Waals surface area (Å²) in [6, 6.07) is 9.84. The third-order valence-electron chi connectivity index (χ3n) is 6.28. The molecule has 0 amide bonds. The van der Waals surface area contributed by atoms with E-state index in [1.54, 1.807) is 45.0 Å². The van der Waals surface area contributed by atoms with Gasteiger partial charge < -0.3 is 23.7 Å². The van der Waals surface area contributed by atoms with Gasteiger partial charge in [-0.25, -0.2) is 14.6 Å². The fraction of sp³-hybridized carbons (Fsp3) is 0.300. The second-order valence-electron chi connectivity index (χ2n) is 9.06. The largest absolute Gasteiger partial charge is 0.490 e. The Morgan fingerprint density at radius 2 is 1.89 bits per heavy atom. The number of carbonyl (C=O) groups excluding carboxylic acids is 2. The average molecular weight is 843 g/mol. The summed E-state index contributed by atoms with van der Waals surface area (Å²) in [5.74, 6) is -0.0546. The van der Waals surface area contributed by atoms with Gasteiger partial charge in [-0.2, -0.15) is 5.26 Å². The van der Waals surface area contributed by atoms with Crippen LogP contribution in [0.15, 0.2) is 51.4 Å². The first-order valence-electron chi connectivity index (χ1n) is 13.3. The number of hydrogen-bond donors (Lipinski definition) is 0. The zero-order chi connectivity index (χ0) is 32.0. The first-order chi connectivity index (χ1) is 21.1. The maximum absolute atomic E-state index is 14.1. The number of hydrogen-bond acceptors (Lipinski definition) is 11. The van der Waals surface area contributed by atoms with Crippen LogP contribution in [0, 0.1) is 18.5 Å². The second-order valence-corrected chi connectivity index (χ2v) is 12.5. The van der Waals surface area contributed by atoms with E-state index in [4.69, 9.17) is 24.2 Å². The predicted molar refractivity (Wildman–Crippen MR) is 179 cm³/mol. The maximum atomic E-state index is 14.1. The highest BCUT2D eigenvalue weighted by molar-refractivity contribution is 14.1. The lowest BCUT2D eigenvalue weighted by Gasteiger charge is -2.25. The van der Waals surface area contributed by atoms with E-state index in [2.05, 4.69) is 54.9 Å². The van der Waals surface area contributed by atoms with Gasteiger partial charge in [-0.1, -0.05) is 17.4 Å². The van der Waals surface area contributed by atoms with E-state index in [-0.39, 0.29) is 31.0 Å². The molecule has 2 aromatic carbocycles. The van der Waals surface area contributed by atoms with Crippen molar-refractivity contribution in [1.82, 2.24) is 4.57 Å². The van der Waals surface area contributed by atoms with E-state index in [1.165, 1.54) is 23.0 Å². The molecule has 0 aliphatic carbocycles. The Bertz CT molecular complexity index is 1860. The summed E-state index contributed by atoms with van der Waals surface area (Å²) in [5.41, 5.74) is 1.42. The number of nitriles is 1. The quantitative estimate of drug-likeness (QED) is 0.208.